The minimum atomic E-state index is 0.173. The summed E-state index contributed by atoms with van der Waals surface area (Å²) in [5, 5.41) is 0. The largest absolute Gasteiger partial charge is 0.375 e. The highest BCUT2D eigenvalue weighted by Gasteiger charge is 2.44. The van der Waals surface area contributed by atoms with Gasteiger partial charge in [0.15, 0.2) is 0 Å². The molecule has 2 aliphatic heterocycles. The zero-order chi connectivity index (χ0) is 12.8. The molecule has 4 unspecified atom stereocenters. The van der Waals surface area contributed by atoms with E-state index in [1.807, 2.05) is 0 Å². The quantitative estimate of drug-likeness (QED) is 0.899. The van der Waals surface area contributed by atoms with Gasteiger partial charge in [0.05, 0.1) is 12.2 Å². The molecule has 1 saturated carbocycles. The molecule has 4 atom stereocenters. The van der Waals surface area contributed by atoms with Crippen LogP contribution in [-0.4, -0.2) is 12.2 Å². The van der Waals surface area contributed by atoms with Crippen LogP contribution in [0.3, 0.4) is 0 Å². The van der Waals surface area contributed by atoms with Crippen LogP contribution >= 0.6 is 0 Å². The lowest BCUT2D eigenvalue weighted by Crippen LogP contribution is -2.30. The van der Waals surface area contributed by atoms with Crippen molar-refractivity contribution >= 4 is 0 Å². The van der Waals surface area contributed by atoms with E-state index in [1.54, 1.807) is 0 Å². The predicted molar refractivity (Wildman–Crippen MR) is 76.0 cm³/mol. The lowest BCUT2D eigenvalue weighted by atomic mass is 9.74. The van der Waals surface area contributed by atoms with Gasteiger partial charge in [-0.3, -0.25) is 0 Å². The van der Waals surface area contributed by atoms with Gasteiger partial charge >= 0.3 is 0 Å². The van der Waals surface area contributed by atoms with Crippen molar-refractivity contribution in [2.75, 3.05) is 0 Å². The summed E-state index contributed by atoms with van der Waals surface area (Å²) in [6.07, 6.45) is 8.63. The maximum Gasteiger partial charge on any atom is 0.0627 e. The number of ether oxygens (including phenoxy) is 1. The molecule has 2 saturated heterocycles. The Hall–Kier alpha value is -0.860. The van der Waals surface area contributed by atoms with Crippen molar-refractivity contribution in [2.24, 2.45) is 11.7 Å². The van der Waals surface area contributed by atoms with E-state index in [0.29, 0.717) is 18.1 Å². The Balaban J connectivity index is 1.61. The van der Waals surface area contributed by atoms with Crippen LogP contribution in [0.15, 0.2) is 24.3 Å². The van der Waals surface area contributed by atoms with Gasteiger partial charge in [0.2, 0.25) is 0 Å². The third-order valence-corrected chi connectivity index (χ3v) is 5.51. The Bertz CT molecular complexity index is 468. The molecule has 2 heterocycles. The molecular formula is C17H23NO. The summed E-state index contributed by atoms with van der Waals surface area (Å²) in [7, 11) is 0. The van der Waals surface area contributed by atoms with E-state index >= 15 is 0 Å². The van der Waals surface area contributed by atoms with Gasteiger partial charge in [-0.1, -0.05) is 30.7 Å². The first-order valence-electron chi connectivity index (χ1n) is 7.83. The second kappa shape index (κ2) is 4.60. The Morgan fingerprint density at radius 2 is 1.95 bits per heavy atom. The van der Waals surface area contributed by atoms with Crippen LogP contribution in [0.4, 0.5) is 0 Å². The average molecular weight is 257 g/mol. The van der Waals surface area contributed by atoms with Gasteiger partial charge in [-0.25, -0.2) is 0 Å². The molecule has 0 spiro atoms. The molecule has 2 nitrogen and oxygen atoms in total. The molecular weight excluding hydrogens is 234 g/mol. The molecule has 0 amide bonds. The van der Waals surface area contributed by atoms with E-state index in [9.17, 15) is 0 Å². The fraction of sp³-hybridized carbons (Fsp3) is 0.647. The van der Waals surface area contributed by atoms with Gasteiger partial charge in [-0.2, -0.15) is 0 Å². The van der Waals surface area contributed by atoms with Gasteiger partial charge in [0.1, 0.15) is 0 Å². The van der Waals surface area contributed by atoms with Crippen molar-refractivity contribution < 1.29 is 4.74 Å². The van der Waals surface area contributed by atoms with E-state index in [1.165, 1.54) is 49.7 Å². The monoisotopic (exact) mass is 257 g/mol. The number of nitrogens with two attached hydrogens (primary N) is 1. The number of rotatable bonds is 3. The van der Waals surface area contributed by atoms with E-state index < -0.39 is 0 Å². The minimum Gasteiger partial charge on any atom is -0.375 e. The van der Waals surface area contributed by atoms with Crippen molar-refractivity contribution in [3.8, 4) is 0 Å². The Kier molecular flexibility index (Phi) is 2.89. The van der Waals surface area contributed by atoms with Gasteiger partial charge in [0, 0.05) is 12.0 Å². The standard InChI is InChI=1S/C17H23NO/c18-17(15-10-12-8-9-16(15)19-12)14-7-2-1-6-13(14)11-4-3-5-11/h1-2,6-7,11-12,15-17H,3-5,8-10,18H2. The zero-order valence-corrected chi connectivity index (χ0v) is 11.4. The molecule has 2 heteroatoms. The summed E-state index contributed by atoms with van der Waals surface area (Å²) in [6, 6.07) is 9.04. The molecule has 3 aliphatic rings. The highest BCUT2D eigenvalue weighted by atomic mass is 16.5. The number of hydrogen-bond donors (Lipinski definition) is 1. The van der Waals surface area contributed by atoms with Crippen molar-refractivity contribution in [2.45, 2.75) is 62.7 Å². The molecule has 19 heavy (non-hydrogen) atoms. The van der Waals surface area contributed by atoms with Gasteiger partial charge in [-0.15, -0.1) is 0 Å². The van der Waals surface area contributed by atoms with Crippen LogP contribution in [-0.2, 0) is 4.74 Å². The normalized spacial score (nSPS) is 35.3. The zero-order valence-electron chi connectivity index (χ0n) is 11.4. The third kappa shape index (κ3) is 1.93. The van der Waals surface area contributed by atoms with Crippen molar-refractivity contribution in [1.29, 1.82) is 0 Å². The van der Waals surface area contributed by atoms with Crippen molar-refractivity contribution in [3.63, 3.8) is 0 Å². The molecule has 2 bridgehead atoms. The van der Waals surface area contributed by atoms with Gasteiger partial charge < -0.3 is 10.5 Å². The molecule has 1 aromatic rings. The molecule has 102 valence electrons. The number of hydrogen-bond acceptors (Lipinski definition) is 2. The predicted octanol–water partition coefficient (Wildman–Crippen LogP) is 3.52. The van der Waals surface area contributed by atoms with E-state index in [0.717, 1.165) is 5.92 Å². The molecule has 0 radical (unpaired) electrons. The van der Waals surface area contributed by atoms with Crippen LogP contribution in [0.2, 0.25) is 0 Å². The van der Waals surface area contributed by atoms with E-state index in [-0.39, 0.29) is 6.04 Å². The number of fused-ring (bicyclic) bond motifs is 2. The first kappa shape index (κ1) is 11.9. The summed E-state index contributed by atoms with van der Waals surface area (Å²) in [6.45, 7) is 0. The lowest BCUT2D eigenvalue weighted by Gasteiger charge is -2.32. The lowest BCUT2D eigenvalue weighted by molar-refractivity contribution is 0.0884. The average Bonchev–Trinajstić information content (AvgIpc) is 2.99. The number of benzene rings is 1. The van der Waals surface area contributed by atoms with Crippen molar-refractivity contribution in [3.05, 3.63) is 35.4 Å². The minimum absolute atomic E-state index is 0.173. The van der Waals surface area contributed by atoms with Gasteiger partial charge in [0.25, 0.3) is 0 Å². The maximum atomic E-state index is 6.62. The molecule has 2 N–H and O–H groups in total. The fourth-order valence-corrected chi connectivity index (χ4v) is 4.19. The summed E-state index contributed by atoms with van der Waals surface area (Å²) in [5.74, 6) is 1.31. The summed E-state index contributed by atoms with van der Waals surface area (Å²) >= 11 is 0. The first-order chi connectivity index (χ1) is 9.33. The summed E-state index contributed by atoms with van der Waals surface area (Å²) in [4.78, 5) is 0. The highest BCUT2D eigenvalue weighted by Crippen LogP contribution is 2.46. The summed E-state index contributed by atoms with van der Waals surface area (Å²) < 4.78 is 5.99. The van der Waals surface area contributed by atoms with Crippen molar-refractivity contribution in [1.82, 2.24) is 0 Å². The fourth-order valence-electron chi connectivity index (χ4n) is 4.19. The second-order valence-corrected chi connectivity index (χ2v) is 6.56. The Labute approximate surface area is 115 Å². The van der Waals surface area contributed by atoms with Crippen LogP contribution in [0.25, 0.3) is 0 Å². The third-order valence-electron chi connectivity index (χ3n) is 5.51. The van der Waals surface area contributed by atoms with Gasteiger partial charge in [-0.05, 0) is 49.1 Å². The first-order valence-corrected chi connectivity index (χ1v) is 7.83. The van der Waals surface area contributed by atoms with Crippen LogP contribution in [0, 0.1) is 5.92 Å². The van der Waals surface area contributed by atoms with Crippen LogP contribution in [0.1, 0.15) is 61.6 Å². The maximum absolute atomic E-state index is 6.62. The van der Waals surface area contributed by atoms with Crippen LogP contribution in [0.5, 0.6) is 0 Å². The second-order valence-electron chi connectivity index (χ2n) is 6.56. The Morgan fingerprint density at radius 3 is 2.58 bits per heavy atom. The molecule has 3 fully saturated rings. The smallest absolute Gasteiger partial charge is 0.0627 e. The topological polar surface area (TPSA) is 35.2 Å². The van der Waals surface area contributed by atoms with Crippen LogP contribution < -0.4 is 5.73 Å². The highest BCUT2D eigenvalue weighted by molar-refractivity contribution is 5.35. The van der Waals surface area contributed by atoms with E-state index in [2.05, 4.69) is 24.3 Å². The van der Waals surface area contributed by atoms with E-state index in [4.69, 9.17) is 10.5 Å². The SMILES string of the molecule is NC(c1ccccc1C1CCC1)C1CC2CCC1O2. The molecule has 4 rings (SSSR count). The molecule has 1 aliphatic carbocycles. The Morgan fingerprint density at radius 1 is 1.11 bits per heavy atom. The molecule has 1 aromatic carbocycles. The summed E-state index contributed by atoms with van der Waals surface area (Å²) in [5.41, 5.74) is 9.54. The molecule has 0 aromatic heterocycles.